The van der Waals surface area contributed by atoms with E-state index in [2.05, 4.69) is 24.7 Å². The topological polar surface area (TPSA) is 49.7 Å². The van der Waals surface area contributed by atoms with Gasteiger partial charge in [0.15, 0.2) is 0 Å². The number of hydrogen-bond acceptors (Lipinski definition) is 3. The summed E-state index contributed by atoms with van der Waals surface area (Å²) in [5, 5.41) is 21.5. The van der Waals surface area contributed by atoms with Gasteiger partial charge in [-0.3, -0.25) is 0 Å². The van der Waals surface area contributed by atoms with Crippen LogP contribution >= 0.6 is 0 Å². The highest BCUT2D eigenvalue weighted by Crippen LogP contribution is 2.65. The normalized spacial score (nSPS) is 41.7. The third-order valence-corrected chi connectivity index (χ3v) is 9.41. The van der Waals surface area contributed by atoms with E-state index in [0.717, 1.165) is 56.1 Å². The molecule has 6 heteroatoms. The van der Waals surface area contributed by atoms with E-state index in [-0.39, 0.29) is 22.7 Å². The van der Waals surface area contributed by atoms with Crippen molar-refractivity contribution in [1.82, 2.24) is 0 Å². The molecule has 1 aromatic carbocycles. The van der Waals surface area contributed by atoms with Gasteiger partial charge in [0.25, 0.3) is 0 Å². The van der Waals surface area contributed by atoms with E-state index in [1.54, 1.807) is 12.1 Å². The summed E-state index contributed by atoms with van der Waals surface area (Å²) in [5.41, 5.74) is 3.15. The molecule has 0 heterocycles. The molecule has 33 heavy (non-hydrogen) atoms. The van der Waals surface area contributed by atoms with Crippen molar-refractivity contribution in [2.45, 2.75) is 77.4 Å². The Balaban J connectivity index is 1.39. The largest absolute Gasteiger partial charge is 0.573 e. The molecular formula is C27H33F3O3. The maximum Gasteiger partial charge on any atom is 0.573 e. The Hall–Kier alpha value is -1.79. The molecule has 3 saturated carbocycles. The molecule has 0 spiro atoms. The fourth-order valence-corrected chi connectivity index (χ4v) is 7.62. The van der Waals surface area contributed by atoms with Gasteiger partial charge in [-0.15, -0.1) is 13.2 Å². The second kappa shape index (κ2) is 7.88. The van der Waals surface area contributed by atoms with E-state index in [1.807, 2.05) is 6.08 Å². The average Bonchev–Trinajstić information content (AvgIpc) is 2.99. The van der Waals surface area contributed by atoms with E-state index in [4.69, 9.17) is 0 Å². The molecule has 0 aliphatic heterocycles. The van der Waals surface area contributed by atoms with Crippen LogP contribution in [0.1, 0.15) is 64.4 Å². The summed E-state index contributed by atoms with van der Waals surface area (Å²) >= 11 is 0. The Labute approximate surface area is 193 Å². The lowest BCUT2D eigenvalue weighted by atomic mass is 9.48. The summed E-state index contributed by atoms with van der Waals surface area (Å²) in [4.78, 5) is 0. The van der Waals surface area contributed by atoms with Gasteiger partial charge < -0.3 is 14.9 Å². The average molecular weight is 463 g/mol. The molecular weight excluding hydrogens is 429 g/mol. The van der Waals surface area contributed by atoms with Crippen molar-refractivity contribution in [3.63, 3.8) is 0 Å². The molecule has 0 amide bonds. The first-order chi connectivity index (χ1) is 15.5. The van der Waals surface area contributed by atoms with Crippen LogP contribution in [0.4, 0.5) is 13.2 Å². The summed E-state index contributed by atoms with van der Waals surface area (Å²) in [5.74, 6) is 1.23. The number of alkyl halides is 3. The number of aliphatic hydroxyl groups is 2. The zero-order valence-corrected chi connectivity index (χ0v) is 19.2. The van der Waals surface area contributed by atoms with Crippen LogP contribution in [0.25, 0.3) is 6.08 Å². The lowest BCUT2D eigenvalue weighted by Crippen LogP contribution is -2.51. The van der Waals surface area contributed by atoms with Crippen LogP contribution in [0.3, 0.4) is 0 Å². The standard InChI is InChI=1S/C27H33F3O3/c1-25-11-9-19(31)15-18(25)5-8-21-22(25)10-12-26(2)23(21)14-17(24(26)32)13-16-3-6-20(7-4-16)33-27(28,29)30/h3-7,13,19,21-24,31-32H,8-12,14-15H2,1-2H3/b17-13-. The second-order valence-electron chi connectivity index (χ2n) is 11.1. The fourth-order valence-electron chi connectivity index (χ4n) is 7.62. The Morgan fingerprint density at radius 3 is 2.42 bits per heavy atom. The lowest BCUT2D eigenvalue weighted by molar-refractivity contribution is -0.274. The molecule has 3 nitrogen and oxygen atoms in total. The van der Waals surface area contributed by atoms with Crippen molar-refractivity contribution in [1.29, 1.82) is 0 Å². The second-order valence-corrected chi connectivity index (χ2v) is 11.1. The van der Waals surface area contributed by atoms with Crippen LogP contribution in [-0.4, -0.2) is 28.8 Å². The van der Waals surface area contributed by atoms with E-state index < -0.39 is 12.5 Å². The molecule has 5 rings (SSSR count). The van der Waals surface area contributed by atoms with Gasteiger partial charge in [0, 0.05) is 5.41 Å². The predicted octanol–water partition coefficient (Wildman–Crippen LogP) is 6.26. The number of benzene rings is 1. The molecule has 0 bridgehead atoms. The molecule has 0 radical (unpaired) electrons. The lowest BCUT2D eigenvalue weighted by Gasteiger charge is -2.57. The van der Waals surface area contributed by atoms with Crippen molar-refractivity contribution in [3.05, 3.63) is 47.1 Å². The number of ether oxygens (including phenoxy) is 1. The minimum atomic E-state index is -4.70. The summed E-state index contributed by atoms with van der Waals surface area (Å²) in [6.07, 6.45) is 5.44. The minimum absolute atomic E-state index is 0.148. The van der Waals surface area contributed by atoms with Crippen LogP contribution in [0.5, 0.6) is 5.75 Å². The van der Waals surface area contributed by atoms with Gasteiger partial charge >= 0.3 is 6.36 Å². The number of aliphatic hydroxyl groups excluding tert-OH is 2. The number of halogens is 3. The third kappa shape index (κ3) is 3.93. The van der Waals surface area contributed by atoms with Gasteiger partial charge in [0.05, 0.1) is 12.2 Å². The minimum Gasteiger partial charge on any atom is -0.406 e. The summed E-state index contributed by atoms with van der Waals surface area (Å²) in [7, 11) is 0. The highest BCUT2D eigenvalue weighted by Gasteiger charge is 2.59. The quantitative estimate of drug-likeness (QED) is 0.510. The number of hydrogen-bond donors (Lipinski definition) is 2. The Morgan fingerprint density at radius 2 is 1.73 bits per heavy atom. The van der Waals surface area contributed by atoms with Crippen LogP contribution in [0.2, 0.25) is 0 Å². The van der Waals surface area contributed by atoms with Crippen LogP contribution < -0.4 is 4.74 Å². The SMILES string of the molecule is CC12CCC(O)CC1=CCC1C2CCC2(C)C(O)/C(=C\c3ccc(OC(F)(F)F)cc3)CC12. The van der Waals surface area contributed by atoms with Crippen molar-refractivity contribution in [2.24, 2.45) is 28.6 Å². The number of fused-ring (bicyclic) bond motifs is 5. The summed E-state index contributed by atoms with van der Waals surface area (Å²) < 4.78 is 41.3. The highest BCUT2D eigenvalue weighted by atomic mass is 19.4. The van der Waals surface area contributed by atoms with Crippen molar-refractivity contribution >= 4 is 6.08 Å². The van der Waals surface area contributed by atoms with Crippen molar-refractivity contribution in [3.8, 4) is 5.75 Å². The zero-order valence-electron chi connectivity index (χ0n) is 19.2. The first-order valence-electron chi connectivity index (χ1n) is 12.1. The van der Waals surface area contributed by atoms with Crippen LogP contribution in [0, 0.1) is 28.6 Å². The highest BCUT2D eigenvalue weighted by molar-refractivity contribution is 5.56. The van der Waals surface area contributed by atoms with Crippen LogP contribution in [-0.2, 0) is 0 Å². The molecule has 7 atom stereocenters. The number of allylic oxidation sites excluding steroid dienone is 1. The van der Waals surface area contributed by atoms with Crippen molar-refractivity contribution < 1.29 is 28.1 Å². The first kappa shape index (κ1) is 23.0. The molecule has 1 aromatic rings. The van der Waals surface area contributed by atoms with E-state index in [9.17, 15) is 23.4 Å². The Morgan fingerprint density at radius 1 is 1.00 bits per heavy atom. The molecule has 4 aliphatic carbocycles. The van der Waals surface area contributed by atoms with E-state index >= 15 is 0 Å². The molecule has 4 aliphatic rings. The van der Waals surface area contributed by atoms with Crippen molar-refractivity contribution in [2.75, 3.05) is 0 Å². The first-order valence-corrected chi connectivity index (χ1v) is 12.1. The van der Waals surface area contributed by atoms with Gasteiger partial charge in [-0.1, -0.05) is 43.7 Å². The maximum absolute atomic E-state index is 12.4. The molecule has 7 unspecified atom stereocenters. The van der Waals surface area contributed by atoms with Gasteiger partial charge in [-0.25, -0.2) is 0 Å². The predicted molar refractivity (Wildman–Crippen MR) is 120 cm³/mol. The smallest absolute Gasteiger partial charge is 0.406 e. The Bertz CT molecular complexity index is 966. The Kier molecular flexibility index (Phi) is 5.48. The van der Waals surface area contributed by atoms with Gasteiger partial charge in [-0.2, -0.15) is 0 Å². The molecule has 0 saturated heterocycles. The van der Waals surface area contributed by atoms with Crippen LogP contribution in [0.15, 0.2) is 41.5 Å². The van der Waals surface area contributed by atoms with Gasteiger partial charge in [-0.05, 0) is 91.4 Å². The summed E-state index contributed by atoms with van der Waals surface area (Å²) in [6.45, 7) is 4.60. The van der Waals surface area contributed by atoms with Gasteiger partial charge in [0.1, 0.15) is 5.75 Å². The molecule has 180 valence electrons. The third-order valence-electron chi connectivity index (χ3n) is 9.41. The zero-order chi connectivity index (χ0) is 23.6. The number of rotatable bonds is 2. The van der Waals surface area contributed by atoms with E-state index in [1.165, 1.54) is 17.7 Å². The van der Waals surface area contributed by atoms with Gasteiger partial charge in [0.2, 0.25) is 0 Å². The monoisotopic (exact) mass is 462 g/mol. The summed E-state index contributed by atoms with van der Waals surface area (Å²) in [6, 6.07) is 5.85. The molecule has 3 fully saturated rings. The fraction of sp³-hybridized carbons (Fsp3) is 0.630. The maximum atomic E-state index is 12.4. The van der Waals surface area contributed by atoms with E-state index in [0.29, 0.717) is 17.8 Å². The molecule has 0 aromatic heterocycles. The molecule has 2 N–H and O–H groups in total.